The number of carboxylic acids is 1. The molecule has 6 nitrogen and oxygen atoms in total. The quantitative estimate of drug-likeness (QED) is 0.531. The number of halogens is 1. The third kappa shape index (κ3) is 4.58. The highest BCUT2D eigenvalue weighted by Gasteiger charge is 2.19. The minimum Gasteiger partial charge on any atom is -0.478 e. The van der Waals surface area contributed by atoms with Crippen molar-refractivity contribution in [2.75, 3.05) is 0 Å². The molecule has 1 aromatic heterocycles. The highest BCUT2D eigenvalue weighted by Crippen LogP contribution is 2.26. The molecule has 2 N–H and O–H groups in total. The van der Waals surface area contributed by atoms with Crippen LogP contribution in [0, 0.1) is 25.2 Å². The molecule has 1 amide bonds. The number of amides is 1. The number of carbonyl (C=O) groups excluding carboxylic acids is 1. The van der Waals surface area contributed by atoms with Gasteiger partial charge in [0.2, 0.25) is 0 Å². The molecule has 0 radical (unpaired) electrons. The Labute approximate surface area is 180 Å². The van der Waals surface area contributed by atoms with E-state index >= 15 is 0 Å². The molecular formula is C23H24ClN3O3. The molecule has 0 atom stereocenters. The number of nitrogens with one attached hydrogen (secondary N) is 1. The molecule has 1 aliphatic rings. The zero-order chi connectivity index (χ0) is 21.8. The smallest absolute Gasteiger partial charge is 0.337 e. The van der Waals surface area contributed by atoms with Crippen LogP contribution >= 0.6 is 11.6 Å². The SMILES string of the molecule is Cc1cc(/C=C(/C#N)C(=O)NC2CCCCC2)c(C)n1-c1ccc(C(=O)O)c(Cl)c1. The Morgan fingerprint density at radius 1 is 1.23 bits per heavy atom. The number of hydrogen-bond donors (Lipinski definition) is 2. The van der Waals surface area contributed by atoms with E-state index in [1.54, 1.807) is 18.2 Å². The van der Waals surface area contributed by atoms with Crippen LogP contribution in [0.3, 0.4) is 0 Å². The summed E-state index contributed by atoms with van der Waals surface area (Å²) in [5, 5.41) is 21.8. The third-order valence-corrected chi connectivity index (χ3v) is 5.83. The molecule has 7 heteroatoms. The topological polar surface area (TPSA) is 95.1 Å². The van der Waals surface area contributed by atoms with Crippen molar-refractivity contribution in [1.29, 1.82) is 5.26 Å². The fourth-order valence-electron chi connectivity index (χ4n) is 3.96. The molecule has 2 aromatic rings. The van der Waals surface area contributed by atoms with Crippen molar-refractivity contribution < 1.29 is 14.7 Å². The van der Waals surface area contributed by atoms with Crippen molar-refractivity contribution in [2.24, 2.45) is 0 Å². The Kier molecular flexibility index (Phi) is 6.63. The van der Waals surface area contributed by atoms with Crippen LogP contribution < -0.4 is 5.32 Å². The first-order valence-corrected chi connectivity index (χ1v) is 10.3. The lowest BCUT2D eigenvalue weighted by molar-refractivity contribution is -0.117. The van der Waals surface area contributed by atoms with Crippen LogP contribution in [0.4, 0.5) is 0 Å². The Bertz CT molecular complexity index is 1060. The Hall–Kier alpha value is -3.04. The van der Waals surface area contributed by atoms with Gasteiger partial charge in [-0.05, 0) is 62.6 Å². The molecule has 0 aliphatic heterocycles. The first-order chi connectivity index (χ1) is 14.3. The van der Waals surface area contributed by atoms with Crippen LogP contribution in [0.2, 0.25) is 5.02 Å². The molecule has 1 aromatic carbocycles. The number of nitrogens with zero attached hydrogens (tertiary/aromatic N) is 2. The number of benzene rings is 1. The molecule has 1 aliphatic carbocycles. The van der Waals surface area contributed by atoms with Crippen LogP contribution in [-0.4, -0.2) is 27.6 Å². The van der Waals surface area contributed by atoms with Crippen LogP contribution in [0.25, 0.3) is 11.8 Å². The van der Waals surface area contributed by atoms with Crippen molar-refractivity contribution in [2.45, 2.75) is 52.0 Å². The highest BCUT2D eigenvalue weighted by molar-refractivity contribution is 6.33. The number of nitriles is 1. The van der Waals surface area contributed by atoms with Gasteiger partial charge in [-0.3, -0.25) is 4.79 Å². The molecule has 0 saturated heterocycles. The summed E-state index contributed by atoms with van der Waals surface area (Å²) in [6, 6.07) is 8.78. The second-order valence-electron chi connectivity index (χ2n) is 7.61. The number of carboxylic acid groups (broad SMARTS) is 1. The normalized spacial score (nSPS) is 14.9. The summed E-state index contributed by atoms with van der Waals surface area (Å²) < 4.78 is 1.91. The van der Waals surface area contributed by atoms with Crippen molar-refractivity contribution in [1.82, 2.24) is 9.88 Å². The molecule has 3 rings (SSSR count). The summed E-state index contributed by atoms with van der Waals surface area (Å²) in [6.07, 6.45) is 6.89. The fraction of sp³-hybridized carbons (Fsp3) is 0.348. The number of hydrogen-bond acceptors (Lipinski definition) is 3. The van der Waals surface area contributed by atoms with E-state index in [-0.39, 0.29) is 28.1 Å². The van der Waals surface area contributed by atoms with Gasteiger partial charge in [0.15, 0.2) is 0 Å². The van der Waals surface area contributed by atoms with E-state index in [0.29, 0.717) is 5.69 Å². The molecule has 156 valence electrons. The predicted molar refractivity (Wildman–Crippen MR) is 116 cm³/mol. The van der Waals surface area contributed by atoms with Crippen molar-refractivity contribution in [3.8, 4) is 11.8 Å². The minimum atomic E-state index is -1.08. The molecule has 1 saturated carbocycles. The zero-order valence-corrected chi connectivity index (χ0v) is 17.8. The van der Waals surface area contributed by atoms with E-state index in [0.717, 1.165) is 42.6 Å². The van der Waals surface area contributed by atoms with Crippen LogP contribution in [0.15, 0.2) is 29.8 Å². The maximum absolute atomic E-state index is 12.6. The first kappa shape index (κ1) is 21.7. The minimum absolute atomic E-state index is 0.0362. The Morgan fingerprint density at radius 2 is 1.93 bits per heavy atom. The molecule has 0 bridgehead atoms. The second kappa shape index (κ2) is 9.19. The van der Waals surface area contributed by atoms with Gasteiger partial charge in [0, 0.05) is 23.1 Å². The lowest BCUT2D eigenvalue weighted by Gasteiger charge is -2.22. The lowest BCUT2D eigenvalue weighted by atomic mass is 9.95. The van der Waals surface area contributed by atoms with Gasteiger partial charge in [0.25, 0.3) is 5.91 Å². The van der Waals surface area contributed by atoms with E-state index in [1.807, 2.05) is 30.6 Å². The summed E-state index contributed by atoms with van der Waals surface area (Å²) in [5.74, 6) is -1.43. The lowest BCUT2D eigenvalue weighted by Crippen LogP contribution is -2.36. The summed E-state index contributed by atoms with van der Waals surface area (Å²) >= 11 is 6.12. The fourth-order valence-corrected chi connectivity index (χ4v) is 4.22. The summed E-state index contributed by atoms with van der Waals surface area (Å²) in [5.41, 5.74) is 3.27. The summed E-state index contributed by atoms with van der Waals surface area (Å²) in [6.45, 7) is 3.78. The van der Waals surface area contributed by atoms with Gasteiger partial charge in [-0.25, -0.2) is 4.79 Å². The molecule has 0 spiro atoms. The second-order valence-corrected chi connectivity index (χ2v) is 8.02. The van der Waals surface area contributed by atoms with Gasteiger partial charge < -0.3 is 15.0 Å². The average molecular weight is 426 g/mol. The average Bonchev–Trinajstić information content (AvgIpc) is 2.99. The van der Waals surface area contributed by atoms with Gasteiger partial charge in [-0.2, -0.15) is 5.26 Å². The van der Waals surface area contributed by atoms with Crippen molar-refractivity contribution >= 4 is 29.6 Å². The molecule has 30 heavy (non-hydrogen) atoms. The summed E-state index contributed by atoms with van der Waals surface area (Å²) in [4.78, 5) is 23.8. The summed E-state index contributed by atoms with van der Waals surface area (Å²) in [7, 11) is 0. The van der Waals surface area contributed by atoms with E-state index < -0.39 is 5.97 Å². The zero-order valence-electron chi connectivity index (χ0n) is 17.0. The molecule has 0 unspecified atom stereocenters. The van der Waals surface area contributed by atoms with Gasteiger partial charge in [-0.15, -0.1) is 0 Å². The number of rotatable bonds is 5. The number of carbonyl (C=O) groups is 2. The van der Waals surface area contributed by atoms with E-state index in [2.05, 4.69) is 5.32 Å². The molecule has 1 heterocycles. The van der Waals surface area contributed by atoms with Gasteiger partial charge in [-0.1, -0.05) is 30.9 Å². The monoisotopic (exact) mass is 425 g/mol. The maximum Gasteiger partial charge on any atom is 0.337 e. The van der Waals surface area contributed by atoms with Gasteiger partial charge in [0.05, 0.1) is 10.6 Å². The number of aromatic nitrogens is 1. The van der Waals surface area contributed by atoms with Gasteiger partial charge in [0.1, 0.15) is 11.6 Å². The number of aryl methyl sites for hydroxylation is 1. The van der Waals surface area contributed by atoms with Crippen LogP contribution in [-0.2, 0) is 4.79 Å². The third-order valence-electron chi connectivity index (χ3n) is 5.52. The highest BCUT2D eigenvalue weighted by atomic mass is 35.5. The van der Waals surface area contributed by atoms with E-state index in [1.165, 1.54) is 12.5 Å². The number of aromatic carboxylic acids is 1. The van der Waals surface area contributed by atoms with Gasteiger partial charge >= 0.3 is 5.97 Å². The standard InChI is InChI=1S/C23H24ClN3O3/c1-14-10-16(11-17(13-25)22(28)26-18-6-4-3-5-7-18)15(2)27(14)19-8-9-20(23(29)30)21(24)12-19/h8-12,18H,3-7H2,1-2H3,(H,26,28)(H,29,30)/b17-11-. The van der Waals surface area contributed by atoms with E-state index in [9.17, 15) is 14.9 Å². The van der Waals surface area contributed by atoms with Crippen molar-refractivity contribution in [3.63, 3.8) is 0 Å². The van der Waals surface area contributed by atoms with Crippen LogP contribution in [0.5, 0.6) is 0 Å². The predicted octanol–water partition coefficient (Wildman–Crippen LogP) is 4.80. The molecular weight excluding hydrogens is 402 g/mol. The largest absolute Gasteiger partial charge is 0.478 e. The first-order valence-electron chi connectivity index (χ1n) is 9.96. The Morgan fingerprint density at radius 3 is 2.53 bits per heavy atom. The van der Waals surface area contributed by atoms with E-state index in [4.69, 9.17) is 16.7 Å². The molecule has 1 fully saturated rings. The van der Waals surface area contributed by atoms with Crippen LogP contribution in [0.1, 0.15) is 59.4 Å². The maximum atomic E-state index is 12.6. The Balaban J connectivity index is 1.90. The van der Waals surface area contributed by atoms with Crippen molar-refractivity contribution in [3.05, 3.63) is 57.4 Å².